The number of aliphatic hydroxyl groups is 1. The molecule has 102 valence electrons. The third-order valence-corrected chi connectivity index (χ3v) is 5.78. The molecule has 1 aliphatic rings. The molecule has 0 aliphatic heterocycles. The summed E-state index contributed by atoms with van der Waals surface area (Å²) in [5, 5.41) is 10.8. The van der Waals surface area contributed by atoms with Crippen molar-refractivity contribution in [3.63, 3.8) is 0 Å². The third-order valence-electron chi connectivity index (χ3n) is 4.20. The van der Waals surface area contributed by atoms with Gasteiger partial charge in [0.05, 0.1) is 9.34 Å². The summed E-state index contributed by atoms with van der Waals surface area (Å²) in [6.45, 7) is 2.20. The molecule has 1 nitrogen and oxygen atoms in total. The second kappa shape index (κ2) is 8.16. The lowest BCUT2D eigenvalue weighted by atomic mass is 9.82. The maximum Gasteiger partial charge on any atom is 0.0986 e. The van der Waals surface area contributed by atoms with Crippen LogP contribution in [0, 0.1) is 5.92 Å². The van der Waals surface area contributed by atoms with Gasteiger partial charge >= 0.3 is 0 Å². The molecule has 1 aliphatic carbocycles. The second-order valence-electron chi connectivity index (χ2n) is 5.56. The van der Waals surface area contributed by atoms with Crippen LogP contribution in [0.4, 0.5) is 0 Å². The zero-order valence-corrected chi connectivity index (χ0v) is 14.1. The first-order valence-corrected chi connectivity index (χ1v) is 8.91. The van der Waals surface area contributed by atoms with Gasteiger partial charge in [-0.15, -0.1) is 0 Å². The third kappa shape index (κ3) is 5.20. The lowest BCUT2D eigenvalue weighted by molar-refractivity contribution is -0.00813. The summed E-state index contributed by atoms with van der Waals surface area (Å²) in [5.41, 5.74) is -0.584. The minimum absolute atomic E-state index is 0.0143. The van der Waals surface area contributed by atoms with Crippen molar-refractivity contribution in [2.45, 2.75) is 80.5 Å². The molecule has 0 amide bonds. The molecule has 1 rings (SSSR count). The van der Waals surface area contributed by atoms with Crippen molar-refractivity contribution in [1.82, 2.24) is 0 Å². The first-order valence-electron chi connectivity index (χ1n) is 7.08. The molecule has 2 atom stereocenters. The number of hydrogen-bond donors (Lipinski definition) is 1. The summed E-state index contributed by atoms with van der Waals surface area (Å²) < 4.78 is 0.0143. The van der Waals surface area contributed by atoms with Crippen molar-refractivity contribution >= 4 is 31.9 Å². The molecule has 0 bridgehead atoms. The summed E-state index contributed by atoms with van der Waals surface area (Å²) in [6, 6.07) is 0. The Morgan fingerprint density at radius 2 is 1.41 bits per heavy atom. The second-order valence-corrected chi connectivity index (χ2v) is 8.62. The van der Waals surface area contributed by atoms with Gasteiger partial charge in [0.1, 0.15) is 0 Å². The predicted octanol–water partition coefficient (Wildman–Crippen LogP) is 5.38. The number of halogens is 2. The molecule has 2 unspecified atom stereocenters. The van der Waals surface area contributed by atoms with E-state index in [0.717, 1.165) is 19.3 Å². The highest BCUT2D eigenvalue weighted by Crippen LogP contribution is 2.38. The smallest absolute Gasteiger partial charge is 0.0986 e. The van der Waals surface area contributed by atoms with Gasteiger partial charge in [0, 0.05) is 0 Å². The molecule has 1 saturated carbocycles. The van der Waals surface area contributed by atoms with E-state index in [2.05, 4.69) is 38.8 Å². The van der Waals surface area contributed by atoms with Crippen molar-refractivity contribution in [3.05, 3.63) is 0 Å². The zero-order valence-electron chi connectivity index (χ0n) is 10.9. The molecule has 0 aromatic heterocycles. The standard InChI is InChI=1S/C14H26Br2O/c1-12-10-8-6-4-2-3-5-7-9-11-14(12,17)13(15)16/h12-13,17H,2-11H2,1H3. The van der Waals surface area contributed by atoms with Crippen LogP contribution in [-0.4, -0.2) is 14.4 Å². The van der Waals surface area contributed by atoms with Crippen LogP contribution in [-0.2, 0) is 0 Å². The normalized spacial score (nSPS) is 34.1. The Bertz CT molecular complexity index is 208. The minimum atomic E-state index is -0.584. The molecule has 0 saturated heterocycles. The summed E-state index contributed by atoms with van der Waals surface area (Å²) in [4.78, 5) is 0. The SMILES string of the molecule is CC1CCCCCCCCCCC1(O)C(Br)Br. The molecule has 0 spiro atoms. The number of rotatable bonds is 1. The molecular formula is C14H26Br2O. The highest BCUT2D eigenvalue weighted by Gasteiger charge is 2.38. The fraction of sp³-hybridized carbons (Fsp3) is 1.00. The lowest BCUT2D eigenvalue weighted by Crippen LogP contribution is -2.42. The summed E-state index contributed by atoms with van der Waals surface area (Å²) in [7, 11) is 0. The van der Waals surface area contributed by atoms with Gasteiger partial charge < -0.3 is 5.11 Å². The van der Waals surface area contributed by atoms with E-state index >= 15 is 0 Å². The van der Waals surface area contributed by atoms with Crippen LogP contribution in [0.5, 0.6) is 0 Å². The van der Waals surface area contributed by atoms with Crippen molar-refractivity contribution in [1.29, 1.82) is 0 Å². The van der Waals surface area contributed by atoms with Crippen molar-refractivity contribution < 1.29 is 5.11 Å². The Morgan fingerprint density at radius 3 is 1.94 bits per heavy atom. The Balaban J connectivity index is 2.57. The van der Waals surface area contributed by atoms with Gasteiger partial charge in [0.15, 0.2) is 0 Å². The van der Waals surface area contributed by atoms with Crippen LogP contribution in [0.2, 0.25) is 0 Å². The van der Waals surface area contributed by atoms with E-state index in [1.165, 1.54) is 44.9 Å². The molecule has 17 heavy (non-hydrogen) atoms. The fourth-order valence-electron chi connectivity index (χ4n) is 2.74. The van der Waals surface area contributed by atoms with Crippen molar-refractivity contribution in [3.8, 4) is 0 Å². The zero-order chi connectivity index (χ0) is 12.7. The van der Waals surface area contributed by atoms with Gasteiger partial charge in [0.25, 0.3) is 0 Å². The maximum absolute atomic E-state index is 10.8. The van der Waals surface area contributed by atoms with E-state index in [4.69, 9.17) is 0 Å². The molecule has 3 heteroatoms. The fourth-order valence-corrected chi connectivity index (χ4v) is 4.10. The molecule has 0 radical (unpaired) electrons. The largest absolute Gasteiger partial charge is 0.388 e. The van der Waals surface area contributed by atoms with Crippen LogP contribution in [0.3, 0.4) is 0 Å². The molecule has 0 heterocycles. The van der Waals surface area contributed by atoms with E-state index in [1.807, 2.05) is 0 Å². The van der Waals surface area contributed by atoms with Gasteiger partial charge in [-0.1, -0.05) is 90.2 Å². The van der Waals surface area contributed by atoms with E-state index in [-0.39, 0.29) is 3.74 Å². The number of hydrogen-bond acceptors (Lipinski definition) is 1. The van der Waals surface area contributed by atoms with Crippen molar-refractivity contribution in [2.75, 3.05) is 0 Å². The topological polar surface area (TPSA) is 20.2 Å². The summed E-state index contributed by atoms with van der Waals surface area (Å²) >= 11 is 7.08. The quantitative estimate of drug-likeness (QED) is 0.614. The monoisotopic (exact) mass is 368 g/mol. The van der Waals surface area contributed by atoms with Crippen LogP contribution < -0.4 is 0 Å². The van der Waals surface area contributed by atoms with Gasteiger partial charge in [-0.3, -0.25) is 0 Å². The average Bonchev–Trinajstić information content (AvgIpc) is 2.28. The van der Waals surface area contributed by atoms with E-state index < -0.39 is 5.60 Å². The summed E-state index contributed by atoms with van der Waals surface area (Å²) in [5.74, 6) is 0.366. The van der Waals surface area contributed by atoms with Gasteiger partial charge in [-0.25, -0.2) is 0 Å². The highest BCUT2D eigenvalue weighted by molar-refractivity contribution is 9.24. The van der Waals surface area contributed by atoms with Gasteiger partial charge in [0.2, 0.25) is 0 Å². The molecule has 1 fully saturated rings. The van der Waals surface area contributed by atoms with E-state index in [1.54, 1.807) is 0 Å². The highest BCUT2D eigenvalue weighted by atomic mass is 79.9. The molecule has 1 N–H and O–H groups in total. The number of alkyl halides is 2. The van der Waals surface area contributed by atoms with E-state index in [9.17, 15) is 5.11 Å². The first kappa shape index (κ1) is 16.0. The van der Waals surface area contributed by atoms with Crippen LogP contribution in [0.15, 0.2) is 0 Å². The maximum atomic E-state index is 10.8. The average molecular weight is 370 g/mol. The van der Waals surface area contributed by atoms with Crippen LogP contribution in [0.1, 0.15) is 71.1 Å². The van der Waals surface area contributed by atoms with Gasteiger partial charge in [-0.05, 0) is 18.8 Å². The minimum Gasteiger partial charge on any atom is -0.388 e. The Hall–Kier alpha value is 0.920. The molecular weight excluding hydrogens is 344 g/mol. The van der Waals surface area contributed by atoms with Gasteiger partial charge in [-0.2, -0.15) is 0 Å². The summed E-state index contributed by atoms with van der Waals surface area (Å²) in [6.07, 6.45) is 12.5. The Labute approximate surface area is 123 Å². The molecule has 0 aromatic carbocycles. The Kier molecular flexibility index (Phi) is 7.67. The lowest BCUT2D eigenvalue weighted by Gasteiger charge is -2.36. The van der Waals surface area contributed by atoms with E-state index in [0.29, 0.717) is 5.92 Å². The predicted molar refractivity (Wildman–Crippen MR) is 81.9 cm³/mol. The Morgan fingerprint density at radius 1 is 0.941 bits per heavy atom. The van der Waals surface area contributed by atoms with Crippen molar-refractivity contribution in [2.24, 2.45) is 5.92 Å². The first-order chi connectivity index (χ1) is 8.07. The van der Waals surface area contributed by atoms with Crippen LogP contribution >= 0.6 is 31.9 Å². The molecule has 0 aromatic rings. The van der Waals surface area contributed by atoms with Crippen LogP contribution in [0.25, 0.3) is 0 Å².